The zero-order valence-corrected chi connectivity index (χ0v) is 13.4. The number of nitrogens with one attached hydrogen (secondary N) is 1. The van der Waals surface area contributed by atoms with Gasteiger partial charge in [0, 0.05) is 12.4 Å². The van der Waals surface area contributed by atoms with Gasteiger partial charge in [-0.05, 0) is 29.3 Å². The number of carbonyl (C=O) groups excluding carboxylic acids is 1. The second kappa shape index (κ2) is 7.44. The van der Waals surface area contributed by atoms with Gasteiger partial charge >= 0.3 is 5.97 Å². The van der Waals surface area contributed by atoms with Crippen LogP contribution in [0.25, 0.3) is 5.69 Å². The summed E-state index contributed by atoms with van der Waals surface area (Å²) in [6, 6.07) is 16.8. The lowest BCUT2D eigenvalue weighted by Crippen LogP contribution is -2.34. The van der Waals surface area contributed by atoms with Crippen LogP contribution in [-0.4, -0.2) is 26.8 Å². The molecular weight excluding hydrogens is 318 g/mol. The van der Waals surface area contributed by atoms with Crippen molar-refractivity contribution in [3.63, 3.8) is 0 Å². The van der Waals surface area contributed by atoms with Crippen molar-refractivity contribution in [1.29, 1.82) is 0 Å². The molecule has 1 heterocycles. The summed E-state index contributed by atoms with van der Waals surface area (Å²) >= 11 is 0. The molecule has 0 aliphatic carbocycles. The number of amides is 1. The summed E-state index contributed by atoms with van der Waals surface area (Å²) in [5.41, 5.74) is 2.23. The molecule has 0 saturated carbocycles. The van der Waals surface area contributed by atoms with Gasteiger partial charge in [0.25, 0.3) is 0 Å². The van der Waals surface area contributed by atoms with Crippen LogP contribution in [0.4, 0.5) is 0 Å². The first kappa shape index (κ1) is 16.4. The van der Waals surface area contributed by atoms with Gasteiger partial charge in [-0.15, -0.1) is 0 Å². The van der Waals surface area contributed by atoms with E-state index >= 15 is 0 Å². The van der Waals surface area contributed by atoms with E-state index in [1.807, 2.05) is 36.5 Å². The molecule has 0 radical (unpaired) electrons. The summed E-state index contributed by atoms with van der Waals surface area (Å²) < 4.78 is 1.72. The van der Waals surface area contributed by atoms with Crippen LogP contribution >= 0.6 is 0 Å². The highest BCUT2D eigenvalue weighted by atomic mass is 16.4. The first-order chi connectivity index (χ1) is 12.1. The van der Waals surface area contributed by atoms with Crippen LogP contribution in [0.3, 0.4) is 0 Å². The van der Waals surface area contributed by atoms with E-state index in [0.29, 0.717) is 5.56 Å². The third-order valence-electron chi connectivity index (χ3n) is 3.76. The standard InChI is InChI=1S/C19H17N3O3/c23-17(21-18(19(24)25)15-5-2-1-3-6-15)13-14-7-9-16(10-8-14)22-12-4-11-20-22/h1-12,18H,13H2,(H,21,23)(H,24,25)/t18-/m0/s1. The quantitative estimate of drug-likeness (QED) is 0.724. The highest BCUT2D eigenvalue weighted by Gasteiger charge is 2.21. The average Bonchev–Trinajstić information content (AvgIpc) is 3.15. The van der Waals surface area contributed by atoms with Crippen molar-refractivity contribution in [3.8, 4) is 5.69 Å². The molecule has 1 atom stereocenters. The van der Waals surface area contributed by atoms with Crippen molar-refractivity contribution < 1.29 is 14.7 Å². The van der Waals surface area contributed by atoms with Gasteiger partial charge in [0.05, 0.1) is 12.1 Å². The molecule has 0 spiro atoms. The zero-order valence-electron chi connectivity index (χ0n) is 13.4. The molecule has 126 valence electrons. The first-order valence-corrected chi connectivity index (χ1v) is 7.79. The molecule has 2 aromatic carbocycles. The van der Waals surface area contributed by atoms with Gasteiger partial charge in [-0.25, -0.2) is 9.48 Å². The van der Waals surface area contributed by atoms with E-state index in [-0.39, 0.29) is 12.3 Å². The van der Waals surface area contributed by atoms with E-state index in [4.69, 9.17) is 0 Å². The molecule has 3 rings (SSSR count). The Morgan fingerprint density at radius 2 is 1.76 bits per heavy atom. The fraction of sp³-hybridized carbons (Fsp3) is 0.105. The molecule has 3 aromatic rings. The Morgan fingerprint density at radius 3 is 2.36 bits per heavy atom. The zero-order chi connectivity index (χ0) is 17.6. The summed E-state index contributed by atoms with van der Waals surface area (Å²) in [5.74, 6) is -1.43. The smallest absolute Gasteiger partial charge is 0.330 e. The third kappa shape index (κ3) is 4.11. The third-order valence-corrected chi connectivity index (χ3v) is 3.76. The minimum absolute atomic E-state index is 0.107. The molecule has 25 heavy (non-hydrogen) atoms. The van der Waals surface area contributed by atoms with Gasteiger partial charge in [0.2, 0.25) is 5.91 Å². The average molecular weight is 335 g/mol. The molecule has 2 N–H and O–H groups in total. The molecule has 0 saturated heterocycles. The fourth-order valence-electron chi connectivity index (χ4n) is 2.52. The Morgan fingerprint density at radius 1 is 1.04 bits per heavy atom. The van der Waals surface area contributed by atoms with Crippen LogP contribution in [0.15, 0.2) is 73.1 Å². The molecule has 0 aliphatic heterocycles. The van der Waals surface area contributed by atoms with E-state index in [1.54, 1.807) is 41.2 Å². The van der Waals surface area contributed by atoms with Gasteiger partial charge in [-0.2, -0.15) is 5.10 Å². The van der Waals surface area contributed by atoms with E-state index in [9.17, 15) is 14.7 Å². The second-order valence-electron chi connectivity index (χ2n) is 5.54. The molecule has 0 bridgehead atoms. The number of carboxylic acids is 1. The van der Waals surface area contributed by atoms with Crippen LogP contribution in [0.2, 0.25) is 0 Å². The highest BCUT2D eigenvalue weighted by molar-refractivity contribution is 5.85. The van der Waals surface area contributed by atoms with Gasteiger partial charge in [-0.3, -0.25) is 4.79 Å². The van der Waals surface area contributed by atoms with E-state index in [2.05, 4.69) is 10.4 Å². The van der Waals surface area contributed by atoms with Crippen LogP contribution in [0.1, 0.15) is 17.2 Å². The van der Waals surface area contributed by atoms with E-state index in [0.717, 1.165) is 11.3 Å². The SMILES string of the molecule is O=C(Cc1ccc(-n2cccn2)cc1)N[C@H](C(=O)O)c1ccccc1. The maximum Gasteiger partial charge on any atom is 0.330 e. The monoisotopic (exact) mass is 335 g/mol. The topological polar surface area (TPSA) is 84.2 Å². The number of aliphatic carboxylic acids is 1. The van der Waals surface area contributed by atoms with Gasteiger partial charge < -0.3 is 10.4 Å². The number of hydrogen-bond donors (Lipinski definition) is 2. The summed E-state index contributed by atoms with van der Waals surface area (Å²) in [6.45, 7) is 0. The Balaban J connectivity index is 1.66. The predicted molar refractivity (Wildman–Crippen MR) is 92.2 cm³/mol. The summed E-state index contributed by atoms with van der Waals surface area (Å²) in [7, 11) is 0. The molecular formula is C19H17N3O3. The summed E-state index contributed by atoms with van der Waals surface area (Å²) in [6.07, 6.45) is 3.63. The summed E-state index contributed by atoms with van der Waals surface area (Å²) in [4.78, 5) is 23.7. The Bertz CT molecular complexity index is 843. The van der Waals surface area contributed by atoms with Crippen LogP contribution in [0.5, 0.6) is 0 Å². The molecule has 6 heteroatoms. The maximum atomic E-state index is 12.2. The highest BCUT2D eigenvalue weighted by Crippen LogP contribution is 2.14. The molecule has 6 nitrogen and oxygen atoms in total. The van der Waals surface area contributed by atoms with Gasteiger partial charge in [-0.1, -0.05) is 42.5 Å². The molecule has 0 unspecified atom stereocenters. The molecule has 0 aliphatic rings. The van der Waals surface area contributed by atoms with Crippen molar-refractivity contribution in [3.05, 3.63) is 84.2 Å². The lowest BCUT2D eigenvalue weighted by atomic mass is 10.1. The number of rotatable bonds is 6. The Kier molecular flexibility index (Phi) is 4.89. The number of carboxylic acid groups (broad SMARTS) is 1. The van der Waals surface area contributed by atoms with Crippen molar-refractivity contribution in [2.24, 2.45) is 0 Å². The minimum atomic E-state index is -1.09. The van der Waals surface area contributed by atoms with Crippen LogP contribution < -0.4 is 5.32 Å². The van der Waals surface area contributed by atoms with Crippen molar-refractivity contribution >= 4 is 11.9 Å². The van der Waals surface area contributed by atoms with Crippen LogP contribution in [-0.2, 0) is 16.0 Å². The Hall–Kier alpha value is -3.41. The Labute approximate surface area is 144 Å². The molecule has 1 aromatic heterocycles. The van der Waals surface area contributed by atoms with Gasteiger partial charge in [0.1, 0.15) is 0 Å². The summed E-state index contributed by atoms with van der Waals surface area (Å²) in [5, 5.41) is 16.1. The largest absolute Gasteiger partial charge is 0.479 e. The van der Waals surface area contributed by atoms with E-state index < -0.39 is 12.0 Å². The number of aromatic nitrogens is 2. The van der Waals surface area contributed by atoms with Crippen molar-refractivity contribution in [1.82, 2.24) is 15.1 Å². The first-order valence-electron chi connectivity index (χ1n) is 7.79. The second-order valence-corrected chi connectivity index (χ2v) is 5.54. The van der Waals surface area contributed by atoms with Crippen molar-refractivity contribution in [2.45, 2.75) is 12.5 Å². The molecule has 1 amide bonds. The maximum absolute atomic E-state index is 12.2. The van der Waals surface area contributed by atoms with Crippen LogP contribution in [0, 0.1) is 0 Å². The number of carbonyl (C=O) groups is 2. The lowest BCUT2D eigenvalue weighted by Gasteiger charge is -2.15. The fourth-order valence-corrected chi connectivity index (χ4v) is 2.52. The molecule has 0 fully saturated rings. The minimum Gasteiger partial charge on any atom is -0.479 e. The van der Waals surface area contributed by atoms with Crippen molar-refractivity contribution in [2.75, 3.05) is 0 Å². The normalized spacial score (nSPS) is 11.7. The number of nitrogens with zero attached hydrogens (tertiary/aromatic N) is 2. The predicted octanol–water partition coefficient (Wildman–Crippen LogP) is 2.36. The lowest BCUT2D eigenvalue weighted by molar-refractivity contribution is -0.141. The number of hydrogen-bond acceptors (Lipinski definition) is 3. The number of benzene rings is 2. The van der Waals surface area contributed by atoms with E-state index in [1.165, 1.54) is 0 Å². The van der Waals surface area contributed by atoms with Gasteiger partial charge in [0.15, 0.2) is 6.04 Å².